The van der Waals surface area contributed by atoms with E-state index in [4.69, 9.17) is 0 Å². The molecule has 18 rings (SSSR count). The van der Waals surface area contributed by atoms with Crippen LogP contribution in [0.1, 0.15) is 123 Å². The van der Waals surface area contributed by atoms with Crippen LogP contribution in [0.2, 0.25) is 0 Å². The Balaban J connectivity index is 0.000000130. The number of fused-ring (bicyclic) bond motifs is 9. The Morgan fingerprint density at radius 1 is 0.396 bits per heavy atom. The number of halogens is 3. The molecule has 18 nitrogen and oxygen atoms in total. The lowest BCUT2D eigenvalue weighted by molar-refractivity contribution is 0.0273. The molecule has 492 valence electrons. The first-order valence-electron chi connectivity index (χ1n) is 33.2. The van der Waals surface area contributed by atoms with E-state index >= 15 is 0 Å². The topological polar surface area (TPSA) is 213 Å². The van der Waals surface area contributed by atoms with Crippen molar-refractivity contribution in [3.8, 4) is 33.9 Å². The summed E-state index contributed by atoms with van der Waals surface area (Å²) >= 11 is 0. The van der Waals surface area contributed by atoms with E-state index in [2.05, 4.69) is 60.8 Å². The summed E-state index contributed by atoms with van der Waals surface area (Å²) in [5.41, 5.74) is 8.14. The van der Waals surface area contributed by atoms with Gasteiger partial charge in [-0.2, -0.15) is 0 Å². The Bertz CT molecular complexity index is 4130. The van der Waals surface area contributed by atoms with Gasteiger partial charge < -0.3 is 30.7 Å². The fourth-order valence-corrected chi connectivity index (χ4v) is 14.9. The number of amides is 3. The maximum atomic E-state index is 14.5. The average Bonchev–Trinajstić information content (AvgIpc) is 0.785. The van der Waals surface area contributed by atoms with Crippen LogP contribution in [0.15, 0.2) is 147 Å². The van der Waals surface area contributed by atoms with Crippen LogP contribution in [0, 0.1) is 76.7 Å². The minimum absolute atomic E-state index is 0.0411. The zero-order chi connectivity index (χ0) is 66.7. The molecule has 9 unspecified atom stereocenters. The van der Waals surface area contributed by atoms with Crippen molar-refractivity contribution in [1.82, 2.24) is 59.6 Å². The molecule has 0 aromatic carbocycles. The van der Waals surface area contributed by atoms with Gasteiger partial charge >= 0.3 is 0 Å². The van der Waals surface area contributed by atoms with Gasteiger partial charge in [-0.25, -0.2) is 33.1 Å². The number of carbonyl (C=O) groups is 3. The first kappa shape index (κ1) is 64.6. The second kappa shape index (κ2) is 28.1. The summed E-state index contributed by atoms with van der Waals surface area (Å²) in [5.74, 6) is 1.91. The van der Waals surface area contributed by atoms with Crippen molar-refractivity contribution in [1.29, 1.82) is 0 Å². The number of pyridine rings is 9. The number of hydrogen-bond donors (Lipinski definition) is 3. The Kier molecular flexibility index (Phi) is 18.9. The van der Waals surface area contributed by atoms with Gasteiger partial charge in [0, 0.05) is 104 Å². The molecule has 9 aromatic heterocycles. The van der Waals surface area contributed by atoms with Crippen molar-refractivity contribution >= 4 is 35.2 Å². The summed E-state index contributed by atoms with van der Waals surface area (Å²) in [6.45, 7) is 13.7. The summed E-state index contributed by atoms with van der Waals surface area (Å²) in [6.07, 6.45) is 20.9. The molecule has 9 aromatic rings. The summed E-state index contributed by atoms with van der Waals surface area (Å²) in [6, 6.07) is 30.1. The third-order valence-electron chi connectivity index (χ3n) is 19.6. The fourth-order valence-electron chi connectivity index (χ4n) is 14.9. The van der Waals surface area contributed by atoms with E-state index in [0.29, 0.717) is 71.2 Å². The van der Waals surface area contributed by atoms with Crippen LogP contribution in [0.25, 0.3) is 33.9 Å². The minimum atomic E-state index is -0.482. The summed E-state index contributed by atoms with van der Waals surface area (Å²) < 4.78 is 43.6. The summed E-state index contributed by atoms with van der Waals surface area (Å²) in [5, 5.41) is 10.6. The molecule has 6 aliphatic heterocycles. The van der Waals surface area contributed by atoms with Gasteiger partial charge in [0.2, 0.25) is 0 Å². The van der Waals surface area contributed by atoms with Crippen LogP contribution in [0.5, 0.6) is 0 Å². The standard InChI is InChI=1S/3C25H26FN5O/c1-15-5-10-22(28-13-15)30-20-12-17-7-9-21(20)31(14-17)25(32)18-8-6-16(2)29-23(18)24-19(26)4-3-11-27-24;1-15-5-10-22(28-13-15)30-20-12-17-7-9-21(20)31(14-17)25(32)24-18(8-6-16(2)29-24)23-19(26)4-3-11-27-23;1-15-5-8-22(28-12-15)30-20-11-17-6-7-21(20)31(14-17)25(32)24-18(10-16(2)13-29-24)23-19(26)4-3-9-27-23/h2*3-6,8,10-11,13,17,20-21H,7,9,12,14H2,1-2H3,(H,28,30);3-5,8-10,12-13,17,20-21H,6-7,11,14H2,1-2H3,(H,28,30). The molecule has 6 bridgehead atoms. The normalized spacial score (nSPS) is 22.1. The van der Waals surface area contributed by atoms with Crippen molar-refractivity contribution in [2.45, 2.75) is 136 Å². The van der Waals surface area contributed by atoms with Crippen LogP contribution >= 0.6 is 0 Å². The average molecular weight is 1290 g/mol. The molecule has 6 saturated heterocycles. The Morgan fingerprint density at radius 2 is 0.802 bits per heavy atom. The van der Waals surface area contributed by atoms with Gasteiger partial charge in [0.15, 0.2) is 5.82 Å². The second-order valence-corrected chi connectivity index (χ2v) is 26.6. The smallest absolute Gasteiger partial charge is 0.273 e. The summed E-state index contributed by atoms with van der Waals surface area (Å²) in [7, 11) is 0. The molecule has 0 spiro atoms. The van der Waals surface area contributed by atoms with Crippen molar-refractivity contribution in [2.75, 3.05) is 35.6 Å². The molecule has 15 heterocycles. The molecule has 9 fully saturated rings. The van der Waals surface area contributed by atoms with Crippen LogP contribution < -0.4 is 16.0 Å². The van der Waals surface area contributed by atoms with Crippen LogP contribution in [0.3, 0.4) is 0 Å². The van der Waals surface area contributed by atoms with Crippen molar-refractivity contribution in [3.05, 3.63) is 215 Å². The number of hydrogen-bond acceptors (Lipinski definition) is 15. The number of nitrogens with zero attached hydrogens (tertiary/aromatic N) is 12. The van der Waals surface area contributed by atoms with E-state index in [1.807, 2.05) is 111 Å². The monoisotopic (exact) mass is 1290 g/mol. The highest BCUT2D eigenvalue weighted by atomic mass is 19.1. The van der Waals surface area contributed by atoms with E-state index in [1.165, 1.54) is 42.9 Å². The number of aryl methyl sites for hydroxylation is 6. The molecule has 9 aliphatic rings. The molecule has 3 N–H and O–H groups in total. The maximum absolute atomic E-state index is 14.5. The molecule has 3 saturated carbocycles. The highest BCUT2D eigenvalue weighted by molar-refractivity contribution is 6.01. The Morgan fingerprint density at radius 3 is 1.24 bits per heavy atom. The second-order valence-electron chi connectivity index (χ2n) is 26.6. The van der Waals surface area contributed by atoms with Crippen molar-refractivity contribution < 1.29 is 27.6 Å². The lowest BCUT2D eigenvalue weighted by Gasteiger charge is -2.50. The quantitative estimate of drug-likeness (QED) is 0.104. The maximum Gasteiger partial charge on any atom is 0.273 e. The first-order valence-corrected chi connectivity index (χ1v) is 33.2. The molecule has 3 amide bonds. The zero-order valence-corrected chi connectivity index (χ0v) is 54.8. The van der Waals surface area contributed by atoms with E-state index in [-0.39, 0.29) is 82.4 Å². The number of piperidine rings is 6. The molecule has 9 atom stereocenters. The van der Waals surface area contributed by atoms with Gasteiger partial charge in [-0.3, -0.25) is 39.3 Å². The van der Waals surface area contributed by atoms with Crippen molar-refractivity contribution in [3.63, 3.8) is 0 Å². The van der Waals surface area contributed by atoms with Crippen LogP contribution in [-0.4, -0.2) is 133 Å². The lowest BCUT2D eigenvalue weighted by Crippen LogP contribution is -2.60. The van der Waals surface area contributed by atoms with Gasteiger partial charge in [0.25, 0.3) is 17.7 Å². The predicted molar refractivity (Wildman–Crippen MR) is 362 cm³/mol. The van der Waals surface area contributed by atoms with Crippen molar-refractivity contribution in [2.24, 2.45) is 17.8 Å². The third-order valence-corrected chi connectivity index (χ3v) is 19.6. The lowest BCUT2D eigenvalue weighted by atomic mass is 9.76. The molecule has 0 radical (unpaired) electrons. The molecule has 21 heteroatoms. The summed E-state index contributed by atoms with van der Waals surface area (Å²) in [4.78, 5) is 86.5. The van der Waals surface area contributed by atoms with E-state index in [1.54, 1.807) is 48.7 Å². The first-order chi connectivity index (χ1) is 46.5. The van der Waals surface area contributed by atoms with Crippen LogP contribution in [0.4, 0.5) is 30.6 Å². The van der Waals surface area contributed by atoms with Gasteiger partial charge in [-0.05, 0) is 224 Å². The molecule has 96 heavy (non-hydrogen) atoms. The Labute approximate surface area is 557 Å². The largest absolute Gasteiger partial charge is 0.365 e. The van der Waals surface area contributed by atoms with E-state index < -0.39 is 17.5 Å². The highest BCUT2D eigenvalue weighted by Gasteiger charge is 2.47. The fraction of sp³-hybridized carbons (Fsp3) is 0.360. The SMILES string of the molecule is Cc1ccc(NC2CC3CCC2N(C(=O)c2ccc(C)nc2-c2ncccc2F)C3)nc1.Cc1ccc(NC2CC3CCC2N(C(=O)c2nc(C)ccc2-c2ncccc2F)C3)nc1.Cc1ccc(NC2CC3CCC2N(C(=O)c2ncc(C)cc2-c2ncccc2F)C3)nc1. The Hall–Kier alpha value is -10.1. The van der Waals surface area contributed by atoms with Gasteiger partial charge in [-0.1, -0.05) is 18.2 Å². The number of rotatable bonds is 12. The molecule has 3 aliphatic carbocycles. The third kappa shape index (κ3) is 14.0. The van der Waals surface area contributed by atoms with E-state index in [9.17, 15) is 27.6 Å². The number of aromatic nitrogens is 9. The molecular formula is C75H78F3N15O3. The molecular weight excluding hydrogens is 1220 g/mol. The number of carbonyl (C=O) groups excluding carboxylic acids is 3. The van der Waals surface area contributed by atoms with Gasteiger partial charge in [0.1, 0.15) is 63.3 Å². The predicted octanol–water partition coefficient (Wildman–Crippen LogP) is 13.2. The van der Waals surface area contributed by atoms with E-state index in [0.717, 1.165) is 97.5 Å². The zero-order valence-electron chi connectivity index (χ0n) is 54.8. The number of anilines is 3. The minimum Gasteiger partial charge on any atom is -0.365 e. The van der Waals surface area contributed by atoms with Gasteiger partial charge in [-0.15, -0.1) is 0 Å². The highest BCUT2D eigenvalue weighted by Crippen LogP contribution is 2.42. The van der Waals surface area contributed by atoms with Gasteiger partial charge in [0.05, 0.1) is 23.7 Å². The van der Waals surface area contributed by atoms with Crippen LogP contribution in [-0.2, 0) is 0 Å². The number of nitrogens with one attached hydrogen (secondary N) is 3.